The number of hydrogen-bond donors (Lipinski definition) is 0. The largest absolute Gasteiger partial charge is 0.246 e. The Morgan fingerprint density at radius 2 is 1.96 bits per heavy atom. The average molecular weight is 345 g/mol. The van der Waals surface area contributed by atoms with Crippen LogP contribution in [-0.2, 0) is 12.8 Å². The first kappa shape index (κ1) is 14.4. The first-order valence-corrected chi connectivity index (χ1v) is 8.72. The van der Waals surface area contributed by atoms with E-state index in [2.05, 4.69) is 25.7 Å². The Hall–Kier alpha value is -2.19. The van der Waals surface area contributed by atoms with Gasteiger partial charge < -0.3 is 0 Å². The number of rotatable bonds is 4. The zero-order valence-electron chi connectivity index (χ0n) is 12.2. The summed E-state index contributed by atoms with van der Waals surface area (Å²) in [5, 5.41) is 17.0. The minimum absolute atomic E-state index is 0.241. The van der Waals surface area contributed by atoms with E-state index in [-0.39, 0.29) is 5.82 Å². The maximum atomic E-state index is 13.0. The van der Waals surface area contributed by atoms with Gasteiger partial charge in [0, 0.05) is 18.2 Å². The van der Waals surface area contributed by atoms with E-state index in [1.807, 2.05) is 6.92 Å². The van der Waals surface area contributed by atoms with Gasteiger partial charge in [-0.25, -0.2) is 9.37 Å². The van der Waals surface area contributed by atoms with Gasteiger partial charge in [0.05, 0.1) is 10.7 Å². The van der Waals surface area contributed by atoms with Crippen LogP contribution < -0.4 is 0 Å². The van der Waals surface area contributed by atoms with E-state index in [1.54, 1.807) is 28.0 Å². The average Bonchev–Trinajstić information content (AvgIpc) is 3.20. The van der Waals surface area contributed by atoms with Gasteiger partial charge in [0.15, 0.2) is 5.82 Å². The van der Waals surface area contributed by atoms with Crippen molar-refractivity contribution >= 4 is 27.6 Å². The van der Waals surface area contributed by atoms with Gasteiger partial charge >= 0.3 is 0 Å². The van der Waals surface area contributed by atoms with Gasteiger partial charge in [-0.15, -0.1) is 21.5 Å². The molecule has 3 heterocycles. The number of benzene rings is 1. The summed E-state index contributed by atoms with van der Waals surface area (Å²) in [7, 11) is 0. The molecule has 23 heavy (non-hydrogen) atoms. The third kappa shape index (κ3) is 2.99. The molecule has 5 nitrogen and oxygen atoms in total. The smallest absolute Gasteiger partial charge is 0.234 e. The monoisotopic (exact) mass is 345 g/mol. The van der Waals surface area contributed by atoms with Crippen LogP contribution >= 0.6 is 22.7 Å². The molecule has 0 aliphatic heterocycles. The summed E-state index contributed by atoms with van der Waals surface area (Å²) < 4.78 is 14.7. The predicted octanol–water partition coefficient (Wildman–Crippen LogP) is 3.27. The van der Waals surface area contributed by atoms with E-state index < -0.39 is 0 Å². The topological polar surface area (TPSA) is 56.0 Å². The normalized spacial score (nSPS) is 11.4. The van der Waals surface area contributed by atoms with E-state index in [9.17, 15) is 4.39 Å². The lowest BCUT2D eigenvalue weighted by Crippen LogP contribution is -1.99. The molecule has 0 bridgehead atoms. The van der Waals surface area contributed by atoms with E-state index in [1.165, 1.54) is 23.5 Å². The zero-order valence-corrected chi connectivity index (χ0v) is 13.9. The summed E-state index contributed by atoms with van der Waals surface area (Å²) in [4.78, 5) is 5.23. The second kappa shape index (κ2) is 5.78. The fourth-order valence-corrected chi connectivity index (χ4v) is 3.79. The maximum absolute atomic E-state index is 13.0. The van der Waals surface area contributed by atoms with Crippen LogP contribution in [0.3, 0.4) is 0 Å². The Kier molecular flexibility index (Phi) is 3.62. The van der Waals surface area contributed by atoms with E-state index >= 15 is 0 Å². The maximum Gasteiger partial charge on any atom is 0.234 e. The molecule has 0 saturated heterocycles. The molecule has 0 N–H and O–H groups in total. The van der Waals surface area contributed by atoms with E-state index in [4.69, 9.17) is 0 Å². The van der Waals surface area contributed by atoms with Crippen molar-refractivity contribution in [1.82, 2.24) is 24.8 Å². The number of aryl methyl sites for hydroxylation is 1. The number of halogens is 1. The van der Waals surface area contributed by atoms with Crippen molar-refractivity contribution in [2.75, 3.05) is 0 Å². The number of aromatic nitrogens is 5. The highest BCUT2D eigenvalue weighted by molar-refractivity contribution is 7.16. The molecule has 8 heteroatoms. The molecule has 3 aromatic heterocycles. The summed E-state index contributed by atoms with van der Waals surface area (Å²) in [6.45, 7) is 1.99. The Morgan fingerprint density at radius 1 is 1.13 bits per heavy atom. The van der Waals surface area contributed by atoms with Gasteiger partial charge in [0.1, 0.15) is 10.8 Å². The summed E-state index contributed by atoms with van der Waals surface area (Å²) in [6.07, 6.45) is 1.27. The van der Waals surface area contributed by atoms with Gasteiger partial charge in [-0.2, -0.15) is 9.61 Å². The van der Waals surface area contributed by atoms with Gasteiger partial charge in [-0.05, 0) is 24.6 Å². The minimum atomic E-state index is -0.241. The molecule has 4 rings (SSSR count). The lowest BCUT2D eigenvalue weighted by atomic mass is 10.1. The first-order valence-electron chi connectivity index (χ1n) is 7.03. The molecule has 0 spiro atoms. The van der Waals surface area contributed by atoms with Crippen LogP contribution in [0.25, 0.3) is 4.96 Å². The second-order valence-corrected chi connectivity index (χ2v) is 7.25. The number of fused-ring (bicyclic) bond motifs is 1. The summed E-state index contributed by atoms with van der Waals surface area (Å²) in [6, 6.07) is 6.40. The molecule has 4 aromatic rings. The number of hydrogen-bond acceptors (Lipinski definition) is 6. The fraction of sp³-hybridized carbons (Fsp3) is 0.200. The van der Waals surface area contributed by atoms with Gasteiger partial charge in [0.2, 0.25) is 4.96 Å². The Bertz CT molecular complexity index is 954. The minimum Gasteiger partial charge on any atom is -0.246 e. The molecule has 0 aliphatic rings. The van der Waals surface area contributed by atoms with Crippen LogP contribution in [-0.4, -0.2) is 24.8 Å². The van der Waals surface area contributed by atoms with Crippen molar-refractivity contribution in [1.29, 1.82) is 0 Å². The molecular weight excluding hydrogens is 333 g/mol. The molecule has 0 amide bonds. The molecule has 0 fully saturated rings. The van der Waals surface area contributed by atoms with Crippen LogP contribution in [0.5, 0.6) is 0 Å². The highest BCUT2D eigenvalue weighted by Crippen LogP contribution is 2.20. The lowest BCUT2D eigenvalue weighted by Gasteiger charge is -1.98. The van der Waals surface area contributed by atoms with Gasteiger partial charge in [-0.3, -0.25) is 0 Å². The highest BCUT2D eigenvalue weighted by Gasteiger charge is 2.13. The number of nitrogens with zero attached hydrogens (tertiary/aromatic N) is 5. The summed E-state index contributed by atoms with van der Waals surface area (Å²) >= 11 is 3.16. The number of thiazole rings is 1. The highest BCUT2D eigenvalue weighted by atomic mass is 32.1. The Balaban J connectivity index is 1.60. The fourth-order valence-electron chi connectivity index (χ4n) is 2.31. The van der Waals surface area contributed by atoms with E-state index in [0.29, 0.717) is 12.8 Å². The molecule has 0 aliphatic carbocycles. The van der Waals surface area contributed by atoms with Crippen LogP contribution in [0, 0.1) is 12.7 Å². The van der Waals surface area contributed by atoms with Crippen molar-refractivity contribution in [3.63, 3.8) is 0 Å². The SMILES string of the molecule is Cc1nc(Cc2nn3c(Cc4ccc(F)cc4)nnc3s2)cs1. The molecular formula is C15H12FN5S2. The van der Waals surface area contributed by atoms with Crippen molar-refractivity contribution in [3.05, 3.63) is 62.6 Å². The molecule has 0 saturated carbocycles. The molecule has 0 radical (unpaired) electrons. The molecule has 0 atom stereocenters. The van der Waals surface area contributed by atoms with Crippen LogP contribution in [0.15, 0.2) is 29.6 Å². The van der Waals surface area contributed by atoms with Crippen LogP contribution in [0.4, 0.5) is 4.39 Å². The molecule has 1 aromatic carbocycles. The Morgan fingerprint density at radius 3 is 2.70 bits per heavy atom. The second-order valence-electron chi connectivity index (χ2n) is 5.14. The van der Waals surface area contributed by atoms with Crippen molar-refractivity contribution in [2.24, 2.45) is 0 Å². The summed E-state index contributed by atoms with van der Waals surface area (Å²) in [5.41, 5.74) is 2.00. The first-order chi connectivity index (χ1) is 11.2. The van der Waals surface area contributed by atoms with Crippen molar-refractivity contribution in [3.8, 4) is 0 Å². The third-order valence-corrected chi connectivity index (χ3v) is 5.09. The molecule has 0 unspecified atom stereocenters. The lowest BCUT2D eigenvalue weighted by molar-refractivity contribution is 0.627. The van der Waals surface area contributed by atoms with Crippen molar-refractivity contribution in [2.45, 2.75) is 19.8 Å². The van der Waals surface area contributed by atoms with E-state index in [0.717, 1.165) is 32.1 Å². The summed E-state index contributed by atoms with van der Waals surface area (Å²) in [5.74, 6) is 0.512. The van der Waals surface area contributed by atoms with Crippen LogP contribution in [0.2, 0.25) is 0 Å². The van der Waals surface area contributed by atoms with Crippen molar-refractivity contribution < 1.29 is 4.39 Å². The van der Waals surface area contributed by atoms with Crippen LogP contribution in [0.1, 0.15) is 27.1 Å². The Labute approximate surface area is 139 Å². The standard InChI is InChI=1S/C15H12FN5S2/c1-9-17-12(8-22-9)7-14-20-21-13(18-19-15(21)23-14)6-10-2-4-11(16)5-3-10/h2-5,8H,6-7H2,1H3. The van der Waals surface area contributed by atoms with Gasteiger partial charge in [0.25, 0.3) is 0 Å². The zero-order chi connectivity index (χ0) is 15.8. The molecule has 116 valence electrons. The van der Waals surface area contributed by atoms with Gasteiger partial charge in [-0.1, -0.05) is 23.5 Å². The quantitative estimate of drug-likeness (QED) is 0.570. The third-order valence-electron chi connectivity index (χ3n) is 3.37. The predicted molar refractivity (Wildman–Crippen MR) is 87.5 cm³/mol.